The summed E-state index contributed by atoms with van der Waals surface area (Å²) in [5, 5.41) is 2.92. The molecular formula is C15H25N3O. The number of hydrogen-bond acceptors (Lipinski definition) is 3. The summed E-state index contributed by atoms with van der Waals surface area (Å²) in [6.07, 6.45) is 1.04. The number of nitrogens with one attached hydrogen (secondary N) is 1. The Balaban J connectivity index is 2.69. The Hall–Kier alpha value is -1.55. The summed E-state index contributed by atoms with van der Waals surface area (Å²) >= 11 is 0. The molecule has 4 heteroatoms. The molecule has 0 aromatic heterocycles. The molecule has 1 amide bonds. The average Bonchev–Trinajstić information content (AvgIpc) is 2.33. The lowest BCUT2D eigenvalue weighted by atomic mass is 10.1. The zero-order valence-corrected chi connectivity index (χ0v) is 12.4. The van der Waals surface area contributed by atoms with E-state index in [1.165, 1.54) is 0 Å². The molecule has 3 N–H and O–H groups in total. The summed E-state index contributed by atoms with van der Waals surface area (Å²) in [7, 11) is 0. The fourth-order valence-electron chi connectivity index (χ4n) is 2.03. The van der Waals surface area contributed by atoms with E-state index in [2.05, 4.69) is 31.0 Å². The predicted octanol–water partition coefficient (Wildman–Crippen LogP) is 2.64. The summed E-state index contributed by atoms with van der Waals surface area (Å²) < 4.78 is 0. The second-order valence-corrected chi connectivity index (χ2v) is 5.15. The van der Waals surface area contributed by atoms with E-state index < -0.39 is 0 Å². The normalized spacial score (nSPS) is 11.1. The van der Waals surface area contributed by atoms with Gasteiger partial charge in [0, 0.05) is 6.04 Å². The number of benzene rings is 1. The fraction of sp³-hybridized carbons (Fsp3) is 0.533. The number of amides is 1. The van der Waals surface area contributed by atoms with E-state index in [4.69, 9.17) is 5.73 Å². The third kappa shape index (κ3) is 4.56. The van der Waals surface area contributed by atoms with Crippen LogP contribution in [0.25, 0.3) is 0 Å². The van der Waals surface area contributed by atoms with E-state index in [9.17, 15) is 4.79 Å². The van der Waals surface area contributed by atoms with Gasteiger partial charge in [-0.3, -0.25) is 9.69 Å². The van der Waals surface area contributed by atoms with Crippen molar-refractivity contribution in [3.8, 4) is 0 Å². The molecule has 106 valence electrons. The summed E-state index contributed by atoms with van der Waals surface area (Å²) in [6.45, 7) is 9.59. The van der Waals surface area contributed by atoms with Gasteiger partial charge in [-0.15, -0.1) is 0 Å². The number of rotatable bonds is 6. The van der Waals surface area contributed by atoms with Crippen LogP contribution in [0.2, 0.25) is 0 Å². The number of nitrogens with zero attached hydrogens (tertiary/aromatic N) is 1. The number of para-hydroxylation sites is 1. The van der Waals surface area contributed by atoms with Crippen molar-refractivity contribution in [2.24, 2.45) is 0 Å². The van der Waals surface area contributed by atoms with E-state index in [0.717, 1.165) is 24.2 Å². The van der Waals surface area contributed by atoms with Crippen LogP contribution >= 0.6 is 0 Å². The SMILES string of the molecule is CCCN(CC(=O)Nc1c(C)cccc1N)C(C)C. The topological polar surface area (TPSA) is 58.4 Å². The minimum atomic E-state index is -0.0110. The van der Waals surface area contributed by atoms with Gasteiger partial charge in [0.1, 0.15) is 0 Å². The zero-order chi connectivity index (χ0) is 14.4. The minimum absolute atomic E-state index is 0.0110. The lowest BCUT2D eigenvalue weighted by Gasteiger charge is -2.25. The molecule has 0 aliphatic heterocycles. The Morgan fingerprint density at radius 3 is 2.63 bits per heavy atom. The number of aryl methyl sites for hydroxylation is 1. The second-order valence-electron chi connectivity index (χ2n) is 5.15. The van der Waals surface area contributed by atoms with E-state index in [1.54, 1.807) is 6.07 Å². The number of nitrogen functional groups attached to an aromatic ring is 1. The highest BCUT2D eigenvalue weighted by Gasteiger charge is 2.14. The second kappa shape index (κ2) is 7.14. The molecule has 1 aromatic carbocycles. The molecule has 0 aliphatic carbocycles. The lowest BCUT2D eigenvalue weighted by molar-refractivity contribution is -0.117. The molecule has 19 heavy (non-hydrogen) atoms. The van der Waals surface area contributed by atoms with Crippen LogP contribution in [0, 0.1) is 6.92 Å². The van der Waals surface area contributed by atoms with Gasteiger partial charge in [0.25, 0.3) is 0 Å². The van der Waals surface area contributed by atoms with Crippen LogP contribution in [0.15, 0.2) is 18.2 Å². The Morgan fingerprint density at radius 2 is 2.11 bits per heavy atom. The summed E-state index contributed by atoms with van der Waals surface area (Å²) in [5.74, 6) is -0.0110. The van der Waals surface area contributed by atoms with Crippen LogP contribution in [0.5, 0.6) is 0 Å². The Labute approximate surface area is 116 Å². The van der Waals surface area contributed by atoms with Crippen molar-refractivity contribution in [1.82, 2.24) is 4.90 Å². The Kier molecular flexibility index (Phi) is 5.83. The molecule has 0 aliphatic rings. The molecule has 0 spiro atoms. The smallest absolute Gasteiger partial charge is 0.238 e. The third-order valence-electron chi connectivity index (χ3n) is 3.16. The molecule has 0 heterocycles. The van der Waals surface area contributed by atoms with E-state index in [1.807, 2.05) is 19.1 Å². The molecule has 0 bridgehead atoms. The van der Waals surface area contributed by atoms with Crippen molar-refractivity contribution in [1.29, 1.82) is 0 Å². The highest BCUT2D eigenvalue weighted by Crippen LogP contribution is 2.22. The predicted molar refractivity (Wildman–Crippen MR) is 81.2 cm³/mol. The summed E-state index contributed by atoms with van der Waals surface area (Å²) in [4.78, 5) is 14.3. The van der Waals surface area contributed by atoms with Crippen molar-refractivity contribution in [2.75, 3.05) is 24.1 Å². The first-order valence-electron chi connectivity index (χ1n) is 6.84. The molecule has 4 nitrogen and oxygen atoms in total. The van der Waals surface area contributed by atoms with E-state index in [-0.39, 0.29) is 5.91 Å². The van der Waals surface area contributed by atoms with Crippen molar-refractivity contribution in [3.05, 3.63) is 23.8 Å². The number of hydrogen-bond donors (Lipinski definition) is 2. The molecule has 0 atom stereocenters. The number of nitrogens with two attached hydrogens (primary N) is 1. The minimum Gasteiger partial charge on any atom is -0.397 e. The van der Waals surface area contributed by atoms with Gasteiger partial charge in [0.2, 0.25) is 5.91 Å². The van der Waals surface area contributed by atoms with Crippen LogP contribution < -0.4 is 11.1 Å². The molecular weight excluding hydrogens is 238 g/mol. The highest BCUT2D eigenvalue weighted by molar-refractivity contribution is 5.96. The maximum Gasteiger partial charge on any atom is 0.238 e. The van der Waals surface area contributed by atoms with Crippen molar-refractivity contribution in [2.45, 2.75) is 40.2 Å². The van der Waals surface area contributed by atoms with Crippen LogP contribution in [-0.2, 0) is 4.79 Å². The summed E-state index contributed by atoms with van der Waals surface area (Å²) in [5.41, 5.74) is 8.22. The molecule has 0 saturated carbocycles. The first-order chi connectivity index (χ1) is 8.95. The zero-order valence-electron chi connectivity index (χ0n) is 12.4. The molecule has 0 unspecified atom stereocenters. The molecule has 1 aromatic rings. The number of anilines is 2. The fourth-order valence-corrected chi connectivity index (χ4v) is 2.03. The maximum atomic E-state index is 12.1. The van der Waals surface area contributed by atoms with Crippen LogP contribution in [0.1, 0.15) is 32.8 Å². The van der Waals surface area contributed by atoms with E-state index >= 15 is 0 Å². The van der Waals surface area contributed by atoms with Crippen molar-refractivity contribution < 1.29 is 4.79 Å². The van der Waals surface area contributed by atoms with Gasteiger partial charge in [-0.05, 0) is 45.4 Å². The van der Waals surface area contributed by atoms with Gasteiger partial charge in [0.15, 0.2) is 0 Å². The van der Waals surface area contributed by atoms with Gasteiger partial charge >= 0.3 is 0 Å². The van der Waals surface area contributed by atoms with Gasteiger partial charge in [0.05, 0.1) is 17.9 Å². The van der Waals surface area contributed by atoms with Gasteiger partial charge in [-0.1, -0.05) is 19.1 Å². The third-order valence-corrected chi connectivity index (χ3v) is 3.16. The van der Waals surface area contributed by atoms with Crippen molar-refractivity contribution >= 4 is 17.3 Å². The average molecular weight is 263 g/mol. The van der Waals surface area contributed by atoms with Gasteiger partial charge in [-0.2, -0.15) is 0 Å². The molecule has 0 radical (unpaired) electrons. The van der Waals surface area contributed by atoms with Gasteiger partial charge in [-0.25, -0.2) is 0 Å². The maximum absolute atomic E-state index is 12.1. The quantitative estimate of drug-likeness (QED) is 0.776. The first kappa shape index (κ1) is 15.5. The first-order valence-corrected chi connectivity index (χ1v) is 6.84. The van der Waals surface area contributed by atoms with Crippen LogP contribution in [0.4, 0.5) is 11.4 Å². The highest BCUT2D eigenvalue weighted by atomic mass is 16.2. The largest absolute Gasteiger partial charge is 0.397 e. The standard InChI is InChI=1S/C15H25N3O/c1-5-9-18(11(2)3)10-14(19)17-15-12(4)7-6-8-13(15)16/h6-8,11H,5,9-10,16H2,1-4H3,(H,17,19). The Morgan fingerprint density at radius 1 is 1.42 bits per heavy atom. The van der Waals surface area contributed by atoms with Gasteiger partial charge < -0.3 is 11.1 Å². The summed E-state index contributed by atoms with van der Waals surface area (Å²) in [6, 6.07) is 5.99. The Bertz CT molecular complexity index is 409. The monoisotopic (exact) mass is 263 g/mol. The number of carbonyl (C=O) groups excluding carboxylic acids is 1. The molecule has 1 rings (SSSR count). The van der Waals surface area contributed by atoms with Crippen LogP contribution in [-0.4, -0.2) is 29.9 Å². The lowest BCUT2D eigenvalue weighted by Crippen LogP contribution is -2.38. The van der Waals surface area contributed by atoms with Crippen molar-refractivity contribution in [3.63, 3.8) is 0 Å². The molecule has 0 saturated heterocycles. The van der Waals surface area contributed by atoms with E-state index in [0.29, 0.717) is 18.3 Å². The molecule has 0 fully saturated rings. The number of carbonyl (C=O) groups is 1. The van der Waals surface area contributed by atoms with Crippen LogP contribution in [0.3, 0.4) is 0 Å².